The number of aromatic amines is 1. The number of hydrogen-bond donors (Lipinski definition) is 2. The first-order valence-electron chi connectivity index (χ1n) is 10.9. The Kier molecular flexibility index (Phi) is 5.16. The molecule has 7 nitrogen and oxygen atoms in total. The molecule has 172 valence electrons. The molecule has 1 saturated heterocycles. The Hall–Kier alpha value is -3.32. The summed E-state index contributed by atoms with van der Waals surface area (Å²) in [4.78, 5) is 15.2. The van der Waals surface area contributed by atoms with E-state index in [0.29, 0.717) is 34.7 Å². The van der Waals surface area contributed by atoms with E-state index in [-0.39, 0.29) is 36.6 Å². The molecular formula is C23H22F3N5O2. The zero-order valence-electron chi connectivity index (χ0n) is 17.7. The van der Waals surface area contributed by atoms with Gasteiger partial charge in [-0.05, 0) is 55.4 Å². The number of ether oxygens (including phenoxy) is 1. The van der Waals surface area contributed by atoms with E-state index in [1.165, 1.54) is 30.5 Å². The fourth-order valence-electron chi connectivity index (χ4n) is 4.68. The number of hydrogen-bond acceptors (Lipinski definition) is 5. The largest absolute Gasteiger partial charge is 0.421 e. The van der Waals surface area contributed by atoms with Gasteiger partial charge in [0.2, 0.25) is 0 Å². The first-order chi connectivity index (χ1) is 15.8. The molecule has 33 heavy (non-hydrogen) atoms. The summed E-state index contributed by atoms with van der Waals surface area (Å²) in [7, 11) is 0. The predicted octanol–water partition coefficient (Wildman–Crippen LogP) is 4.90. The summed E-state index contributed by atoms with van der Waals surface area (Å²) in [5, 5.41) is 17.3. The van der Waals surface area contributed by atoms with Crippen LogP contribution in [0.2, 0.25) is 0 Å². The van der Waals surface area contributed by atoms with Gasteiger partial charge in [-0.1, -0.05) is 12.1 Å². The van der Waals surface area contributed by atoms with E-state index in [0.717, 1.165) is 12.8 Å². The zero-order chi connectivity index (χ0) is 23.2. The number of nitrogens with zero attached hydrogens (tertiary/aromatic N) is 3. The summed E-state index contributed by atoms with van der Waals surface area (Å²) in [6, 6.07) is 9.66. The molecule has 2 aliphatic rings. The molecule has 2 N–H and O–H groups in total. The second-order valence-corrected chi connectivity index (χ2v) is 8.61. The van der Waals surface area contributed by atoms with Gasteiger partial charge in [0.1, 0.15) is 5.39 Å². The summed E-state index contributed by atoms with van der Waals surface area (Å²) in [5.41, 5.74) is -1.47. The van der Waals surface area contributed by atoms with Crippen molar-refractivity contribution in [3.8, 4) is 6.07 Å². The minimum Gasteiger partial charge on any atom is -0.361 e. The predicted molar refractivity (Wildman–Crippen MR) is 115 cm³/mol. The van der Waals surface area contributed by atoms with Crippen LogP contribution in [0.3, 0.4) is 0 Å². The summed E-state index contributed by atoms with van der Waals surface area (Å²) in [5.74, 6) is 0.634. The van der Waals surface area contributed by atoms with Gasteiger partial charge in [-0.15, -0.1) is 0 Å². The first-order valence-corrected chi connectivity index (χ1v) is 10.9. The number of aromatic nitrogens is 3. The van der Waals surface area contributed by atoms with E-state index in [4.69, 9.17) is 4.74 Å². The molecule has 0 amide bonds. The maximum atomic E-state index is 13.8. The van der Waals surface area contributed by atoms with E-state index < -0.39 is 11.8 Å². The molecule has 3 heterocycles. The summed E-state index contributed by atoms with van der Waals surface area (Å²) in [6.07, 6.45) is -0.461. The smallest absolute Gasteiger partial charge is 0.361 e. The maximum absolute atomic E-state index is 13.8. The van der Waals surface area contributed by atoms with Crippen LogP contribution in [0, 0.1) is 17.2 Å². The number of nitriles is 1. The topological polar surface area (TPSA) is 95.7 Å². The molecule has 1 aliphatic heterocycles. The first kappa shape index (κ1) is 21.5. The average Bonchev–Trinajstić information content (AvgIpc) is 3.36. The van der Waals surface area contributed by atoms with Crippen LogP contribution in [0.25, 0.3) is 10.9 Å². The Morgan fingerprint density at radius 1 is 1.30 bits per heavy atom. The Balaban J connectivity index is 1.50. The van der Waals surface area contributed by atoms with Crippen molar-refractivity contribution in [2.24, 2.45) is 5.92 Å². The normalized spacial score (nSPS) is 21.8. The zero-order valence-corrected chi connectivity index (χ0v) is 17.7. The van der Waals surface area contributed by atoms with Crippen molar-refractivity contribution in [3.05, 3.63) is 52.4 Å². The highest BCUT2D eigenvalue weighted by atomic mass is 19.4. The third-order valence-electron chi connectivity index (χ3n) is 6.50. The van der Waals surface area contributed by atoms with Crippen molar-refractivity contribution in [1.29, 1.82) is 5.26 Å². The van der Waals surface area contributed by atoms with Crippen molar-refractivity contribution in [2.45, 2.75) is 49.9 Å². The van der Waals surface area contributed by atoms with Gasteiger partial charge in [-0.3, -0.25) is 9.48 Å². The van der Waals surface area contributed by atoms with E-state index >= 15 is 0 Å². The molecule has 1 aromatic carbocycles. The number of anilines is 2. The van der Waals surface area contributed by atoms with Gasteiger partial charge < -0.3 is 15.0 Å². The lowest BCUT2D eigenvalue weighted by Crippen LogP contribution is -2.41. The van der Waals surface area contributed by atoms with Crippen molar-refractivity contribution in [2.75, 3.05) is 11.9 Å². The molecule has 1 aliphatic carbocycles. The molecule has 5 rings (SSSR count). The van der Waals surface area contributed by atoms with Gasteiger partial charge in [0.05, 0.1) is 24.0 Å². The lowest BCUT2D eigenvalue weighted by molar-refractivity contribution is -0.269. The highest BCUT2D eigenvalue weighted by Gasteiger charge is 2.58. The Bertz CT molecular complexity index is 1260. The molecule has 3 aromatic rings. The van der Waals surface area contributed by atoms with Gasteiger partial charge in [0.25, 0.3) is 5.56 Å². The lowest BCUT2D eigenvalue weighted by Gasteiger charge is -2.31. The van der Waals surface area contributed by atoms with E-state index in [2.05, 4.69) is 21.5 Å². The number of pyridine rings is 1. The molecule has 0 radical (unpaired) electrons. The van der Waals surface area contributed by atoms with Crippen molar-refractivity contribution < 1.29 is 17.9 Å². The number of nitrogens with one attached hydrogen (secondary N) is 2. The van der Waals surface area contributed by atoms with Gasteiger partial charge >= 0.3 is 6.18 Å². The molecule has 2 aromatic heterocycles. The summed E-state index contributed by atoms with van der Waals surface area (Å²) < 4.78 is 48.2. The van der Waals surface area contributed by atoms with Crippen LogP contribution in [-0.4, -0.2) is 27.5 Å². The number of H-pyrrole nitrogens is 1. The van der Waals surface area contributed by atoms with Crippen LogP contribution < -0.4 is 10.9 Å². The van der Waals surface area contributed by atoms with Crippen LogP contribution in [0.15, 0.2) is 41.3 Å². The molecular weight excluding hydrogens is 435 g/mol. The molecule has 0 bridgehead atoms. The standard InChI is InChI=1S/C23H22F3N5O2/c24-23(25,26)22(10-1-13-33-22)15-4-6-16(7-5-15)29-20-19-18(9-12-28-21(19)32)31(30-20)17(8-11-27)14-2-3-14/h4-7,9,12,14,17H,1-3,8,10,13H2,(H,28,32)(H,29,30)/t17?,22-/m0/s1. The minimum absolute atomic E-state index is 0.0501. The molecule has 0 spiro atoms. The SMILES string of the molecule is N#CCC(C1CC1)n1nc(Nc2ccc([C@]3(C(F)(F)F)CCCO3)cc2)c2c(=O)[nH]ccc21. The number of benzene rings is 1. The number of halogens is 3. The fourth-order valence-corrected chi connectivity index (χ4v) is 4.68. The van der Waals surface area contributed by atoms with E-state index in [9.17, 15) is 23.2 Å². The van der Waals surface area contributed by atoms with Crippen molar-refractivity contribution in [3.63, 3.8) is 0 Å². The minimum atomic E-state index is -4.51. The number of fused-ring (bicyclic) bond motifs is 1. The van der Waals surface area contributed by atoms with Gasteiger partial charge in [0.15, 0.2) is 11.4 Å². The molecule has 10 heteroatoms. The van der Waals surface area contributed by atoms with Gasteiger partial charge in [0, 0.05) is 18.5 Å². The summed E-state index contributed by atoms with van der Waals surface area (Å²) in [6.45, 7) is 0.0660. The number of rotatable bonds is 6. The average molecular weight is 457 g/mol. The molecule has 2 fully saturated rings. The highest BCUT2D eigenvalue weighted by Crippen LogP contribution is 2.49. The molecule has 1 unspecified atom stereocenters. The third kappa shape index (κ3) is 3.66. The third-order valence-corrected chi connectivity index (χ3v) is 6.50. The van der Waals surface area contributed by atoms with E-state index in [1.54, 1.807) is 10.7 Å². The molecule has 1 saturated carbocycles. The van der Waals surface area contributed by atoms with Crippen molar-refractivity contribution in [1.82, 2.24) is 14.8 Å². The molecule has 2 atom stereocenters. The van der Waals surface area contributed by atoms with Crippen LogP contribution in [0.1, 0.15) is 43.7 Å². The Morgan fingerprint density at radius 2 is 2.06 bits per heavy atom. The number of alkyl halides is 3. The quantitative estimate of drug-likeness (QED) is 0.549. The second kappa shape index (κ2) is 7.92. The highest BCUT2D eigenvalue weighted by molar-refractivity contribution is 5.91. The van der Waals surface area contributed by atoms with Crippen LogP contribution in [0.4, 0.5) is 24.7 Å². The van der Waals surface area contributed by atoms with Crippen LogP contribution in [-0.2, 0) is 10.3 Å². The van der Waals surface area contributed by atoms with Crippen molar-refractivity contribution >= 4 is 22.4 Å². The van der Waals surface area contributed by atoms with Crippen LogP contribution >= 0.6 is 0 Å². The fraction of sp³-hybridized carbons (Fsp3) is 0.435. The lowest BCUT2D eigenvalue weighted by atomic mass is 9.90. The maximum Gasteiger partial charge on any atom is 0.421 e. The van der Waals surface area contributed by atoms with Crippen LogP contribution in [0.5, 0.6) is 0 Å². The Labute approximate surface area is 187 Å². The van der Waals surface area contributed by atoms with Gasteiger partial charge in [-0.25, -0.2) is 0 Å². The second-order valence-electron chi connectivity index (χ2n) is 8.61. The monoisotopic (exact) mass is 457 g/mol. The Morgan fingerprint density at radius 3 is 2.67 bits per heavy atom. The summed E-state index contributed by atoms with van der Waals surface area (Å²) >= 11 is 0. The van der Waals surface area contributed by atoms with E-state index in [1.807, 2.05) is 0 Å². The van der Waals surface area contributed by atoms with Gasteiger partial charge in [-0.2, -0.15) is 23.5 Å².